The van der Waals surface area contributed by atoms with Gasteiger partial charge in [0.05, 0.1) is 11.0 Å². The summed E-state index contributed by atoms with van der Waals surface area (Å²) in [6, 6.07) is 16.5. The van der Waals surface area contributed by atoms with Gasteiger partial charge in [-0.3, -0.25) is 0 Å². The number of hydrogen-bond acceptors (Lipinski definition) is 2. The average molecular weight is 251 g/mol. The van der Waals surface area contributed by atoms with E-state index >= 15 is 0 Å². The summed E-state index contributed by atoms with van der Waals surface area (Å²) in [6.45, 7) is 3.03. The Kier molecular flexibility index (Phi) is 3.19. The number of aryl methyl sites for hydroxylation is 1. The Morgan fingerprint density at radius 1 is 1.05 bits per heavy atom. The van der Waals surface area contributed by atoms with Gasteiger partial charge in [-0.2, -0.15) is 0 Å². The second kappa shape index (κ2) is 5.14. The highest BCUT2D eigenvalue weighted by Crippen LogP contribution is 2.13. The Morgan fingerprint density at radius 2 is 1.84 bits per heavy atom. The molecule has 0 radical (unpaired) electrons. The molecule has 0 saturated heterocycles. The van der Waals surface area contributed by atoms with Crippen LogP contribution in [0.4, 0.5) is 5.95 Å². The summed E-state index contributed by atoms with van der Waals surface area (Å²) >= 11 is 0. The lowest BCUT2D eigenvalue weighted by atomic mass is 10.1. The van der Waals surface area contributed by atoms with Crippen molar-refractivity contribution in [3.8, 4) is 0 Å². The molecule has 0 spiro atoms. The number of nitrogens with one attached hydrogen (secondary N) is 2. The van der Waals surface area contributed by atoms with E-state index in [0.717, 1.165) is 29.9 Å². The number of para-hydroxylation sites is 2. The summed E-state index contributed by atoms with van der Waals surface area (Å²) < 4.78 is 0. The number of nitrogens with zero attached hydrogens (tertiary/aromatic N) is 1. The van der Waals surface area contributed by atoms with Crippen LogP contribution in [-0.4, -0.2) is 16.5 Å². The molecule has 3 aromatic rings. The molecule has 3 heteroatoms. The molecule has 2 N–H and O–H groups in total. The Morgan fingerprint density at radius 3 is 2.68 bits per heavy atom. The van der Waals surface area contributed by atoms with Crippen molar-refractivity contribution in [2.75, 3.05) is 11.9 Å². The van der Waals surface area contributed by atoms with Gasteiger partial charge in [0.25, 0.3) is 0 Å². The fourth-order valence-corrected chi connectivity index (χ4v) is 2.24. The van der Waals surface area contributed by atoms with Gasteiger partial charge in [-0.25, -0.2) is 4.98 Å². The zero-order valence-electron chi connectivity index (χ0n) is 11.0. The van der Waals surface area contributed by atoms with Gasteiger partial charge in [0.1, 0.15) is 0 Å². The lowest BCUT2D eigenvalue weighted by molar-refractivity contribution is 0.988. The molecule has 0 amide bonds. The van der Waals surface area contributed by atoms with Crippen LogP contribution in [0.15, 0.2) is 48.5 Å². The minimum absolute atomic E-state index is 0.842. The lowest BCUT2D eigenvalue weighted by Gasteiger charge is -2.05. The monoisotopic (exact) mass is 251 g/mol. The van der Waals surface area contributed by atoms with E-state index in [9.17, 15) is 0 Å². The fourth-order valence-electron chi connectivity index (χ4n) is 2.24. The quantitative estimate of drug-likeness (QED) is 0.744. The van der Waals surface area contributed by atoms with Crippen LogP contribution < -0.4 is 5.32 Å². The molecule has 0 bridgehead atoms. The van der Waals surface area contributed by atoms with Crippen LogP contribution in [0.25, 0.3) is 11.0 Å². The summed E-state index contributed by atoms with van der Waals surface area (Å²) in [5.41, 5.74) is 4.79. The zero-order valence-corrected chi connectivity index (χ0v) is 11.0. The highest BCUT2D eigenvalue weighted by Gasteiger charge is 2.01. The van der Waals surface area contributed by atoms with E-state index in [0.29, 0.717) is 0 Å². The molecular formula is C16H17N3. The van der Waals surface area contributed by atoms with Crippen molar-refractivity contribution in [3.63, 3.8) is 0 Å². The van der Waals surface area contributed by atoms with Gasteiger partial charge in [-0.15, -0.1) is 0 Å². The van der Waals surface area contributed by atoms with E-state index in [2.05, 4.69) is 46.5 Å². The van der Waals surface area contributed by atoms with Crippen molar-refractivity contribution < 1.29 is 0 Å². The van der Waals surface area contributed by atoms with Crippen LogP contribution in [0.1, 0.15) is 11.1 Å². The van der Waals surface area contributed by atoms with Crippen molar-refractivity contribution in [1.82, 2.24) is 9.97 Å². The maximum atomic E-state index is 4.50. The predicted molar refractivity (Wildman–Crippen MR) is 79.5 cm³/mol. The van der Waals surface area contributed by atoms with Gasteiger partial charge in [0.2, 0.25) is 5.95 Å². The number of fused-ring (bicyclic) bond motifs is 1. The molecule has 3 nitrogen and oxygen atoms in total. The lowest BCUT2D eigenvalue weighted by Crippen LogP contribution is -2.06. The first-order valence-electron chi connectivity index (χ1n) is 6.56. The van der Waals surface area contributed by atoms with Crippen molar-refractivity contribution in [2.24, 2.45) is 0 Å². The molecule has 0 unspecified atom stereocenters. The Labute approximate surface area is 112 Å². The Hall–Kier alpha value is -2.29. The second-order valence-corrected chi connectivity index (χ2v) is 4.71. The SMILES string of the molecule is Cc1ccccc1CCNc1nc2ccccc2[nH]1. The van der Waals surface area contributed by atoms with Crippen molar-refractivity contribution in [1.29, 1.82) is 0 Å². The van der Waals surface area contributed by atoms with Gasteiger partial charge in [-0.1, -0.05) is 36.4 Å². The van der Waals surface area contributed by atoms with Crippen molar-refractivity contribution in [3.05, 3.63) is 59.7 Å². The van der Waals surface area contributed by atoms with E-state index in [1.807, 2.05) is 24.3 Å². The third-order valence-corrected chi connectivity index (χ3v) is 3.34. The van der Waals surface area contributed by atoms with E-state index in [-0.39, 0.29) is 0 Å². The molecule has 2 aromatic carbocycles. The molecule has 1 heterocycles. The topological polar surface area (TPSA) is 40.7 Å². The summed E-state index contributed by atoms with van der Waals surface area (Å²) in [7, 11) is 0. The molecule has 96 valence electrons. The van der Waals surface area contributed by atoms with Crippen LogP contribution in [0.5, 0.6) is 0 Å². The van der Waals surface area contributed by atoms with Crippen LogP contribution in [0, 0.1) is 6.92 Å². The molecule has 0 aliphatic heterocycles. The largest absolute Gasteiger partial charge is 0.355 e. The minimum Gasteiger partial charge on any atom is -0.355 e. The maximum absolute atomic E-state index is 4.50. The normalized spacial score (nSPS) is 10.8. The number of rotatable bonds is 4. The molecule has 0 aliphatic carbocycles. The highest BCUT2D eigenvalue weighted by molar-refractivity contribution is 5.77. The maximum Gasteiger partial charge on any atom is 0.201 e. The Bertz CT molecular complexity index is 652. The van der Waals surface area contributed by atoms with E-state index < -0.39 is 0 Å². The number of imidazole rings is 1. The van der Waals surface area contributed by atoms with Gasteiger partial charge >= 0.3 is 0 Å². The Balaban J connectivity index is 1.65. The van der Waals surface area contributed by atoms with Crippen LogP contribution >= 0.6 is 0 Å². The number of H-pyrrole nitrogens is 1. The summed E-state index contributed by atoms with van der Waals surface area (Å²) in [5.74, 6) is 0.842. The number of anilines is 1. The first-order valence-corrected chi connectivity index (χ1v) is 6.56. The first-order chi connectivity index (χ1) is 9.33. The van der Waals surface area contributed by atoms with Crippen LogP contribution in [0.3, 0.4) is 0 Å². The second-order valence-electron chi connectivity index (χ2n) is 4.71. The average Bonchev–Trinajstić information content (AvgIpc) is 2.83. The third-order valence-electron chi connectivity index (χ3n) is 3.34. The summed E-state index contributed by atoms with van der Waals surface area (Å²) in [5, 5.41) is 3.34. The number of benzene rings is 2. The number of aromatic nitrogens is 2. The first kappa shape index (κ1) is 11.8. The minimum atomic E-state index is 0.842. The van der Waals surface area contributed by atoms with E-state index in [4.69, 9.17) is 0 Å². The number of aromatic amines is 1. The highest BCUT2D eigenvalue weighted by atomic mass is 15.1. The van der Waals surface area contributed by atoms with Gasteiger partial charge < -0.3 is 10.3 Å². The smallest absolute Gasteiger partial charge is 0.201 e. The molecule has 1 aromatic heterocycles. The molecule has 19 heavy (non-hydrogen) atoms. The zero-order chi connectivity index (χ0) is 13.1. The van der Waals surface area contributed by atoms with E-state index in [1.165, 1.54) is 11.1 Å². The third kappa shape index (κ3) is 2.60. The molecule has 0 fully saturated rings. The fraction of sp³-hybridized carbons (Fsp3) is 0.188. The van der Waals surface area contributed by atoms with E-state index in [1.54, 1.807) is 0 Å². The van der Waals surface area contributed by atoms with Gasteiger partial charge in [0.15, 0.2) is 0 Å². The molecule has 0 atom stereocenters. The van der Waals surface area contributed by atoms with Crippen LogP contribution in [-0.2, 0) is 6.42 Å². The van der Waals surface area contributed by atoms with Gasteiger partial charge in [0, 0.05) is 6.54 Å². The molecular weight excluding hydrogens is 234 g/mol. The molecule has 0 aliphatic rings. The predicted octanol–water partition coefficient (Wildman–Crippen LogP) is 3.53. The standard InChI is InChI=1S/C16H17N3/c1-12-6-2-3-7-13(12)10-11-17-16-18-14-8-4-5-9-15(14)19-16/h2-9H,10-11H2,1H3,(H2,17,18,19). The summed E-state index contributed by atoms with van der Waals surface area (Å²) in [6.07, 6.45) is 1.00. The molecule has 0 saturated carbocycles. The number of hydrogen-bond donors (Lipinski definition) is 2. The van der Waals surface area contributed by atoms with Crippen molar-refractivity contribution in [2.45, 2.75) is 13.3 Å². The summed E-state index contributed by atoms with van der Waals surface area (Å²) in [4.78, 5) is 7.77. The van der Waals surface area contributed by atoms with Gasteiger partial charge in [-0.05, 0) is 36.6 Å². The van der Waals surface area contributed by atoms with Crippen LogP contribution in [0.2, 0.25) is 0 Å². The van der Waals surface area contributed by atoms with Crippen molar-refractivity contribution >= 4 is 17.0 Å². The molecule has 3 rings (SSSR count).